The van der Waals surface area contributed by atoms with E-state index in [1.54, 1.807) is 26.8 Å². The van der Waals surface area contributed by atoms with E-state index in [1.807, 2.05) is 54.6 Å². The monoisotopic (exact) mass is 657 g/mol. The van der Waals surface area contributed by atoms with Gasteiger partial charge in [-0.25, -0.2) is 8.78 Å². The minimum atomic E-state index is -1.15. The quantitative estimate of drug-likeness (QED) is 0.172. The van der Waals surface area contributed by atoms with Gasteiger partial charge >= 0.3 is 0 Å². The molecule has 0 amide bonds. The molecule has 0 unspecified atom stereocenters. The third kappa shape index (κ3) is 5.04. The molecule has 0 aliphatic heterocycles. The summed E-state index contributed by atoms with van der Waals surface area (Å²) in [6, 6.07) is 45.7. The summed E-state index contributed by atoms with van der Waals surface area (Å²) in [5.41, 5.74) is 6.90. The first-order valence-corrected chi connectivity index (χ1v) is 16.8. The van der Waals surface area contributed by atoms with Crippen LogP contribution in [0.15, 0.2) is 170 Å². The van der Waals surface area contributed by atoms with Crippen LogP contribution < -0.4 is 4.90 Å². The van der Waals surface area contributed by atoms with E-state index < -0.39 is 52.4 Å². The first kappa shape index (κ1) is 27.1. The van der Waals surface area contributed by atoms with Gasteiger partial charge in [0.1, 0.15) is 5.82 Å². The van der Waals surface area contributed by atoms with E-state index in [9.17, 15) is 0 Å². The Morgan fingerprint density at radius 1 is 0.520 bits per heavy atom. The second-order valence-corrected chi connectivity index (χ2v) is 13.7. The van der Waals surface area contributed by atoms with Crippen LogP contribution in [0.5, 0.6) is 0 Å². The molecule has 50 heavy (non-hydrogen) atoms. The summed E-state index contributed by atoms with van der Waals surface area (Å²) in [7, 11) is 0. The first-order valence-electron chi connectivity index (χ1n) is 18.8. The second-order valence-electron chi connectivity index (χ2n) is 13.7. The standard InChI is InChI=1S/C47H37F2N/c1-46(2,3)50(43-26-16-15-25-42(43)48)44-31-34(29-39(45(44)49)32-17-7-4-8-18-32)33-27-28-38-37-23-13-14-24-40(37)47(41(38)30-33,35-19-9-5-10-20-35)36-21-11-6-12-22-36/h4-31H,1-3H3/i15D,16D,25D,26D. The molecule has 7 aromatic carbocycles. The van der Waals surface area contributed by atoms with Gasteiger partial charge < -0.3 is 4.90 Å². The molecule has 1 aliphatic carbocycles. The fourth-order valence-electron chi connectivity index (χ4n) is 7.65. The summed E-state index contributed by atoms with van der Waals surface area (Å²) in [5.74, 6) is -1.78. The molecule has 0 saturated heterocycles. The molecular formula is C47H37F2N. The molecule has 0 heterocycles. The normalized spacial score (nSPS) is 14.2. The molecule has 1 aliphatic rings. The molecule has 1 nitrogen and oxygen atoms in total. The Labute approximate surface area is 298 Å². The van der Waals surface area contributed by atoms with E-state index in [0.717, 1.165) is 38.9 Å². The van der Waals surface area contributed by atoms with Gasteiger partial charge in [0.05, 0.1) is 22.3 Å². The number of hydrogen-bond acceptors (Lipinski definition) is 1. The van der Waals surface area contributed by atoms with E-state index >= 15 is 8.78 Å². The Hall–Kier alpha value is -5.80. The molecule has 0 radical (unpaired) electrons. The maximum atomic E-state index is 17.3. The summed E-state index contributed by atoms with van der Waals surface area (Å²) in [6.45, 7) is 5.30. The zero-order chi connectivity index (χ0) is 37.9. The highest BCUT2D eigenvalue weighted by molar-refractivity contribution is 5.90. The van der Waals surface area contributed by atoms with Crippen molar-refractivity contribution in [3.63, 3.8) is 0 Å². The zero-order valence-electron chi connectivity index (χ0n) is 32.1. The van der Waals surface area contributed by atoms with Crippen LogP contribution in [0, 0.1) is 11.6 Å². The summed E-state index contributed by atoms with van der Waals surface area (Å²) in [5, 5.41) is 0. The Balaban J connectivity index is 1.44. The van der Waals surface area contributed by atoms with E-state index in [4.69, 9.17) is 5.48 Å². The van der Waals surface area contributed by atoms with Crippen molar-refractivity contribution in [2.75, 3.05) is 4.90 Å². The fraction of sp³-hybridized carbons (Fsp3) is 0.106. The van der Waals surface area contributed by atoms with Crippen LogP contribution >= 0.6 is 0 Å². The van der Waals surface area contributed by atoms with Crippen molar-refractivity contribution in [3.8, 4) is 33.4 Å². The number of para-hydroxylation sites is 1. The SMILES string of the molecule is [2H]c1c([2H])c([2H])c(N(c2cc(-c3ccc4c(c3)C(c3ccccc3)(c3ccccc3)c3ccccc3-4)cc(-c3ccccc3)c2F)C(C)(C)C)c(F)c1[2H]. The molecule has 0 aromatic heterocycles. The number of fused-ring (bicyclic) bond motifs is 3. The van der Waals surface area contributed by atoms with Crippen LogP contribution in [-0.4, -0.2) is 5.54 Å². The Kier molecular flexibility index (Phi) is 6.64. The minimum Gasteiger partial charge on any atom is -0.331 e. The lowest BCUT2D eigenvalue weighted by molar-refractivity contribution is 0.527. The molecule has 0 N–H and O–H groups in total. The van der Waals surface area contributed by atoms with Gasteiger partial charge in [-0.05, 0) is 101 Å². The van der Waals surface area contributed by atoms with Crippen molar-refractivity contribution in [1.29, 1.82) is 0 Å². The molecule has 0 bridgehead atoms. The van der Waals surface area contributed by atoms with Crippen LogP contribution in [-0.2, 0) is 5.41 Å². The van der Waals surface area contributed by atoms with Crippen LogP contribution in [0.2, 0.25) is 0 Å². The third-order valence-electron chi connectivity index (χ3n) is 9.69. The second kappa shape index (κ2) is 12.3. The van der Waals surface area contributed by atoms with Crippen molar-refractivity contribution in [2.45, 2.75) is 31.7 Å². The van der Waals surface area contributed by atoms with Gasteiger partial charge in [-0.2, -0.15) is 0 Å². The topological polar surface area (TPSA) is 3.24 Å². The van der Waals surface area contributed by atoms with Gasteiger partial charge in [-0.3, -0.25) is 0 Å². The number of nitrogens with zero attached hydrogens (tertiary/aromatic N) is 1. The average Bonchev–Trinajstić information content (AvgIpc) is 3.49. The van der Waals surface area contributed by atoms with Crippen LogP contribution in [0.4, 0.5) is 20.2 Å². The highest BCUT2D eigenvalue weighted by atomic mass is 19.1. The van der Waals surface area contributed by atoms with E-state index in [-0.39, 0.29) is 11.3 Å². The molecule has 0 saturated carbocycles. The molecule has 0 atom stereocenters. The van der Waals surface area contributed by atoms with Crippen molar-refractivity contribution in [3.05, 3.63) is 204 Å². The zero-order valence-corrected chi connectivity index (χ0v) is 28.1. The number of anilines is 2. The molecule has 7 aromatic rings. The summed E-state index contributed by atoms with van der Waals surface area (Å²) in [4.78, 5) is 1.37. The molecule has 0 fully saturated rings. The van der Waals surface area contributed by atoms with Gasteiger partial charge in [-0.1, -0.05) is 139 Å². The lowest BCUT2D eigenvalue weighted by atomic mass is 9.67. The smallest absolute Gasteiger partial charge is 0.154 e. The van der Waals surface area contributed by atoms with E-state index in [1.165, 1.54) is 4.90 Å². The lowest BCUT2D eigenvalue weighted by Gasteiger charge is -2.38. The lowest BCUT2D eigenvalue weighted by Crippen LogP contribution is -2.38. The van der Waals surface area contributed by atoms with Crippen molar-refractivity contribution in [2.24, 2.45) is 0 Å². The van der Waals surface area contributed by atoms with Gasteiger partial charge in [0.15, 0.2) is 5.82 Å². The van der Waals surface area contributed by atoms with Gasteiger partial charge in [0.2, 0.25) is 0 Å². The molecular weight excluding hydrogens is 617 g/mol. The summed E-state index contributed by atoms with van der Waals surface area (Å²) in [6.07, 6.45) is 0. The number of hydrogen-bond donors (Lipinski definition) is 0. The fourth-order valence-corrected chi connectivity index (χ4v) is 7.65. The Bertz CT molecular complexity index is 2480. The largest absolute Gasteiger partial charge is 0.331 e. The minimum absolute atomic E-state index is 0.0102. The van der Waals surface area contributed by atoms with Crippen LogP contribution in [0.3, 0.4) is 0 Å². The van der Waals surface area contributed by atoms with E-state index in [0.29, 0.717) is 11.1 Å². The predicted octanol–water partition coefficient (Wildman–Crippen LogP) is 12.6. The van der Waals surface area contributed by atoms with Crippen LogP contribution in [0.25, 0.3) is 33.4 Å². The molecule has 0 spiro atoms. The summed E-state index contributed by atoms with van der Waals surface area (Å²) >= 11 is 0. The average molecular weight is 658 g/mol. The highest BCUT2D eigenvalue weighted by Crippen LogP contribution is 2.57. The maximum absolute atomic E-state index is 17.3. The molecule has 3 heteroatoms. The number of halogens is 2. The molecule has 244 valence electrons. The highest BCUT2D eigenvalue weighted by Gasteiger charge is 2.46. The van der Waals surface area contributed by atoms with Crippen molar-refractivity contribution >= 4 is 11.4 Å². The predicted molar refractivity (Wildman–Crippen MR) is 203 cm³/mol. The summed E-state index contributed by atoms with van der Waals surface area (Å²) < 4.78 is 67.1. The van der Waals surface area contributed by atoms with E-state index in [2.05, 4.69) is 84.9 Å². The third-order valence-corrected chi connectivity index (χ3v) is 9.69. The van der Waals surface area contributed by atoms with Crippen molar-refractivity contribution in [1.82, 2.24) is 0 Å². The van der Waals surface area contributed by atoms with Gasteiger partial charge in [-0.15, -0.1) is 0 Å². The number of rotatable bonds is 6. The Morgan fingerprint density at radius 3 is 1.76 bits per heavy atom. The van der Waals surface area contributed by atoms with Crippen molar-refractivity contribution < 1.29 is 14.3 Å². The number of benzene rings is 7. The van der Waals surface area contributed by atoms with Gasteiger partial charge in [0.25, 0.3) is 0 Å². The van der Waals surface area contributed by atoms with Gasteiger partial charge in [0, 0.05) is 11.1 Å². The first-order chi connectivity index (χ1) is 25.9. The maximum Gasteiger partial charge on any atom is 0.154 e. The van der Waals surface area contributed by atoms with Crippen LogP contribution in [0.1, 0.15) is 48.5 Å². The Morgan fingerprint density at radius 2 is 1.10 bits per heavy atom. The molecule has 8 rings (SSSR count).